The van der Waals surface area contributed by atoms with Gasteiger partial charge in [-0.05, 0) is 24.2 Å². The van der Waals surface area contributed by atoms with Crippen molar-refractivity contribution in [2.75, 3.05) is 0 Å². The Balaban J connectivity index is 4.03. The first-order chi connectivity index (χ1) is 5.49. The van der Waals surface area contributed by atoms with Crippen molar-refractivity contribution in [3.05, 3.63) is 12.7 Å². The molecule has 0 aliphatic carbocycles. The predicted molar refractivity (Wildman–Crippen MR) is 55.7 cm³/mol. The monoisotopic (exact) mass is 167 g/mol. The van der Waals surface area contributed by atoms with Crippen LogP contribution >= 0.6 is 0 Å². The lowest BCUT2D eigenvalue weighted by molar-refractivity contribution is 0.475. The molecule has 0 aromatic rings. The van der Waals surface area contributed by atoms with Crippen LogP contribution in [0.5, 0.6) is 0 Å². The summed E-state index contributed by atoms with van der Waals surface area (Å²) in [6.45, 7) is 12.3. The van der Waals surface area contributed by atoms with Crippen LogP contribution in [0.1, 0.15) is 34.1 Å². The van der Waals surface area contributed by atoms with Crippen molar-refractivity contribution in [2.45, 2.75) is 34.1 Å². The Kier molecular flexibility index (Phi) is 4.87. The normalized spacial score (nSPS) is 13.5. The first-order valence-corrected chi connectivity index (χ1v) is 4.68. The van der Waals surface area contributed by atoms with Gasteiger partial charge in [-0.1, -0.05) is 33.8 Å². The molecular weight excluding hydrogens is 146 g/mol. The van der Waals surface area contributed by atoms with Gasteiger partial charge in [0.2, 0.25) is 0 Å². The maximum Gasteiger partial charge on any atom is 0.0120 e. The summed E-state index contributed by atoms with van der Waals surface area (Å²) in [6.07, 6.45) is 2.85. The summed E-state index contributed by atoms with van der Waals surface area (Å²) >= 11 is 0. The van der Waals surface area contributed by atoms with Gasteiger partial charge >= 0.3 is 0 Å². The SMILES string of the molecule is C=C[C@H](CC(=N)C(C)C)C(C)C. The maximum atomic E-state index is 7.72. The first kappa shape index (κ1) is 11.4. The van der Waals surface area contributed by atoms with Gasteiger partial charge in [0.25, 0.3) is 0 Å². The summed E-state index contributed by atoms with van der Waals surface area (Å²) in [5.41, 5.74) is 0.841. The van der Waals surface area contributed by atoms with Gasteiger partial charge in [0.1, 0.15) is 0 Å². The molecule has 0 aromatic heterocycles. The van der Waals surface area contributed by atoms with E-state index in [2.05, 4.69) is 34.3 Å². The third-order valence-electron chi connectivity index (χ3n) is 2.31. The molecule has 12 heavy (non-hydrogen) atoms. The van der Waals surface area contributed by atoms with Crippen molar-refractivity contribution >= 4 is 5.71 Å². The van der Waals surface area contributed by atoms with E-state index in [0.717, 1.165) is 12.1 Å². The van der Waals surface area contributed by atoms with E-state index in [1.54, 1.807) is 0 Å². The summed E-state index contributed by atoms with van der Waals surface area (Å²) in [6, 6.07) is 0. The average molecular weight is 167 g/mol. The number of allylic oxidation sites excluding steroid dienone is 1. The van der Waals surface area contributed by atoms with Crippen LogP contribution in [0.4, 0.5) is 0 Å². The first-order valence-electron chi connectivity index (χ1n) is 4.68. The highest BCUT2D eigenvalue weighted by atomic mass is 14.4. The summed E-state index contributed by atoms with van der Waals surface area (Å²) in [4.78, 5) is 0. The minimum Gasteiger partial charge on any atom is -0.309 e. The molecule has 0 radical (unpaired) electrons. The highest BCUT2D eigenvalue weighted by Gasteiger charge is 2.13. The van der Waals surface area contributed by atoms with Crippen molar-refractivity contribution in [2.24, 2.45) is 17.8 Å². The summed E-state index contributed by atoms with van der Waals surface area (Å²) in [5, 5.41) is 7.72. The highest BCUT2D eigenvalue weighted by Crippen LogP contribution is 2.18. The van der Waals surface area contributed by atoms with Crippen molar-refractivity contribution in [1.29, 1.82) is 5.41 Å². The Labute approximate surface area is 76.4 Å². The fourth-order valence-corrected chi connectivity index (χ4v) is 1.08. The zero-order chi connectivity index (χ0) is 9.72. The third kappa shape index (κ3) is 3.70. The molecule has 0 bridgehead atoms. The molecule has 0 amide bonds. The van der Waals surface area contributed by atoms with E-state index in [4.69, 9.17) is 5.41 Å². The molecule has 0 aliphatic rings. The van der Waals surface area contributed by atoms with Gasteiger partial charge in [-0.15, -0.1) is 6.58 Å². The summed E-state index contributed by atoms with van der Waals surface area (Å²) in [5.74, 6) is 1.45. The summed E-state index contributed by atoms with van der Waals surface area (Å²) in [7, 11) is 0. The molecule has 0 heterocycles. The number of rotatable bonds is 5. The fraction of sp³-hybridized carbons (Fsp3) is 0.727. The van der Waals surface area contributed by atoms with Crippen LogP contribution in [0.15, 0.2) is 12.7 Å². The molecule has 0 saturated heterocycles. The van der Waals surface area contributed by atoms with Gasteiger partial charge in [0.15, 0.2) is 0 Å². The largest absolute Gasteiger partial charge is 0.309 e. The molecule has 0 rings (SSSR count). The van der Waals surface area contributed by atoms with E-state index in [9.17, 15) is 0 Å². The quantitative estimate of drug-likeness (QED) is 0.478. The molecule has 0 saturated carbocycles. The van der Waals surface area contributed by atoms with Gasteiger partial charge in [0.05, 0.1) is 0 Å². The second-order valence-electron chi connectivity index (χ2n) is 4.03. The van der Waals surface area contributed by atoms with Crippen LogP contribution in [0.2, 0.25) is 0 Å². The minimum atomic E-state index is 0.381. The molecule has 0 fully saturated rings. The minimum absolute atomic E-state index is 0.381. The van der Waals surface area contributed by atoms with Crippen molar-refractivity contribution < 1.29 is 0 Å². The zero-order valence-electron chi connectivity index (χ0n) is 8.72. The summed E-state index contributed by atoms with van der Waals surface area (Å²) < 4.78 is 0. The lowest BCUT2D eigenvalue weighted by atomic mass is 9.88. The van der Waals surface area contributed by atoms with Crippen molar-refractivity contribution in [3.8, 4) is 0 Å². The second-order valence-corrected chi connectivity index (χ2v) is 4.03. The van der Waals surface area contributed by atoms with E-state index < -0.39 is 0 Å². The Morgan fingerprint density at radius 1 is 1.33 bits per heavy atom. The Morgan fingerprint density at radius 3 is 2.08 bits per heavy atom. The second kappa shape index (κ2) is 5.13. The van der Waals surface area contributed by atoms with Gasteiger partial charge in [0, 0.05) is 5.71 Å². The number of hydrogen-bond donors (Lipinski definition) is 1. The van der Waals surface area contributed by atoms with Gasteiger partial charge in [-0.2, -0.15) is 0 Å². The molecule has 0 aromatic carbocycles. The fourth-order valence-electron chi connectivity index (χ4n) is 1.08. The molecule has 1 heteroatoms. The Bertz CT molecular complexity index is 156. The molecule has 70 valence electrons. The average Bonchev–Trinajstić information content (AvgIpc) is 1.98. The van der Waals surface area contributed by atoms with Crippen LogP contribution in [0, 0.1) is 23.2 Å². The van der Waals surface area contributed by atoms with E-state index >= 15 is 0 Å². The van der Waals surface area contributed by atoms with Crippen LogP contribution in [0.25, 0.3) is 0 Å². The van der Waals surface area contributed by atoms with Crippen LogP contribution in [0.3, 0.4) is 0 Å². The Hall–Kier alpha value is -0.590. The molecule has 1 nitrogen and oxygen atoms in total. The van der Waals surface area contributed by atoms with Gasteiger partial charge < -0.3 is 5.41 Å². The zero-order valence-corrected chi connectivity index (χ0v) is 8.72. The molecule has 1 N–H and O–H groups in total. The maximum absolute atomic E-state index is 7.72. The lowest BCUT2D eigenvalue weighted by Crippen LogP contribution is -2.15. The van der Waals surface area contributed by atoms with Crippen molar-refractivity contribution in [3.63, 3.8) is 0 Å². The number of nitrogens with one attached hydrogen (secondary N) is 1. The van der Waals surface area contributed by atoms with Crippen LogP contribution in [-0.2, 0) is 0 Å². The van der Waals surface area contributed by atoms with Crippen LogP contribution in [-0.4, -0.2) is 5.71 Å². The standard InChI is InChI=1S/C11H21N/c1-6-10(8(2)3)7-11(12)9(4)5/h6,8-10,12H,1,7H2,2-5H3/t10-/m1/s1. The lowest BCUT2D eigenvalue weighted by Gasteiger charge is -2.18. The van der Waals surface area contributed by atoms with Gasteiger partial charge in [-0.3, -0.25) is 0 Å². The molecule has 0 spiro atoms. The smallest absolute Gasteiger partial charge is 0.0120 e. The highest BCUT2D eigenvalue weighted by molar-refractivity contribution is 5.83. The van der Waals surface area contributed by atoms with Crippen molar-refractivity contribution in [1.82, 2.24) is 0 Å². The predicted octanol–water partition coefficient (Wildman–Crippen LogP) is 3.51. The number of hydrogen-bond acceptors (Lipinski definition) is 1. The van der Waals surface area contributed by atoms with Crippen LogP contribution < -0.4 is 0 Å². The van der Waals surface area contributed by atoms with E-state index in [-0.39, 0.29) is 0 Å². The van der Waals surface area contributed by atoms with E-state index in [0.29, 0.717) is 17.8 Å². The van der Waals surface area contributed by atoms with E-state index in [1.165, 1.54) is 0 Å². The molecule has 0 aliphatic heterocycles. The molecule has 0 unspecified atom stereocenters. The topological polar surface area (TPSA) is 23.9 Å². The van der Waals surface area contributed by atoms with E-state index in [1.807, 2.05) is 6.08 Å². The molecule has 1 atom stereocenters. The molecular formula is C11H21N. The van der Waals surface area contributed by atoms with Gasteiger partial charge in [-0.25, -0.2) is 0 Å². The Morgan fingerprint density at radius 2 is 1.83 bits per heavy atom. The third-order valence-corrected chi connectivity index (χ3v) is 2.31.